The molecule has 0 N–H and O–H groups in total. The topological polar surface area (TPSA) is 68.7 Å². The highest BCUT2D eigenvalue weighted by Crippen LogP contribution is 2.14. The third-order valence-electron chi connectivity index (χ3n) is 3.85. The van der Waals surface area contributed by atoms with Crippen LogP contribution in [0.2, 0.25) is 0 Å². The number of hydrogen-bond donors (Lipinski definition) is 0. The first-order valence-corrected chi connectivity index (χ1v) is 8.57. The number of methoxy groups -OCH3 is 1. The van der Waals surface area contributed by atoms with Gasteiger partial charge >= 0.3 is 5.97 Å². The van der Waals surface area contributed by atoms with E-state index in [1.165, 1.54) is 7.11 Å². The molecule has 0 radical (unpaired) electrons. The molecule has 0 saturated heterocycles. The maximum atomic E-state index is 12.8. The third-order valence-corrected chi connectivity index (χ3v) is 3.85. The van der Waals surface area contributed by atoms with Crippen LogP contribution in [0.3, 0.4) is 0 Å². The molecular formula is C20H24N2O4. The van der Waals surface area contributed by atoms with Gasteiger partial charge in [0, 0.05) is 25.5 Å². The highest BCUT2D eigenvalue weighted by atomic mass is 16.5. The highest BCUT2D eigenvalue weighted by Gasteiger charge is 2.16. The minimum Gasteiger partial charge on any atom is -0.494 e. The summed E-state index contributed by atoms with van der Waals surface area (Å²) in [4.78, 5) is 29.9. The molecule has 1 amide bonds. The Hall–Kier alpha value is -2.89. The van der Waals surface area contributed by atoms with E-state index in [0.717, 1.165) is 16.9 Å². The molecule has 1 aromatic heterocycles. The lowest BCUT2D eigenvalue weighted by Crippen LogP contribution is -2.34. The van der Waals surface area contributed by atoms with Crippen LogP contribution in [-0.2, 0) is 27.3 Å². The summed E-state index contributed by atoms with van der Waals surface area (Å²) in [6, 6.07) is 11.2. The van der Waals surface area contributed by atoms with Gasteiger partial charge in [0.2, 0.25) is 5.91 Å². The Morgan fingerprint density at radius 2 is 1.88 bits per heavy atom. The summed E-state index contributed by atoms with van der Waals surface area (Å²) in [6.07, 6.45) is 3.82. The molecule has 0 saturated carbocycles. The Labute approximate surface area is 153 Å². The Kier molecular flexibility index (Phi) is 7.61. The lowest BCUT2D eigenvalue weighted by Gasteiger charge is -2.22. The van der Waals surface area contributed by atoms with Crippen molar-refractivity contribution in [2.45, 2.75) is 26.3 Å². The molecule has 0 aliphatic rings. The predicted molar refractivity (Wildman–Crippen MR) is 97.6 cm³/mol. The van der Waals surface area contributed by atoms with E-state index in [9.17, 15) is 9.59 Å². The van der Waals surface area contributed by atoms with E-state index >= 15 is 0 Å². The van der Waals surface area contributed by atoms with Crippen LogP contribution in [0.25, 0.3) is 0 Å². The number of hydrogen-bond acceptors (Lipinski definition) is 5. The number of aromatic nitrogens is 1. The molecule has 6 heteroatoms. The van der Waals surface area contributed by atoms with Crippen molar-refractivity contribution in [1.29, 1.82) is 0 Å². The number of ether oxygens (including phenoxy) is 2. The van der Waals surface area contributed by atoms with Crippen LogP contribution in [0.5, 0.6) is 5.75 Å². The van der Waals surface area contributed by atoms with Gasteiger partial charge in [0.05, 0.1) is 26.6 Å². The van der Waals surface area contributed by atoms with Crippen molar-refractivity contribution in [3.05, 3.63) is 59.9 Å². The lowest BCUT2D eigenvalue weighted by molar-refractivity contribution is -0.141. The number of carbonyl (C=O) groups excluding carboxylic acids is 2. The number of amides is 1. The summed E-state index contributed by atoms with van der Waals surface area (Å²) < 4.78 is 10.1. The average Bonchev–Trinajstić information content (AvgIpc) is 2.67. The van der Waals surface area contributed by atoms with Gasteiger partial charge in [-0.15, -0.1) is 0 Å². The lowest BCUT2D eigenvalue weighted by atomic mass is 10.1. The molecule has 1 aromatic carbocycles. The second-order valence-corrected chi connectivity index (χ2v) is 5.76. The number of esters is 1. The Morgan fingerprint density at radius 3 is 2.50 bits per heavy atom. The van der Waals surface area contributed by atoms with Gasteiger partial charge in [0.15, 0.2) is 0 Å². The Balaban J connectivity index is 2.04. The van der Waals surface area contributed by atoms with Crippen LogP contribution in [0.1, 0.15) is 24.5 Å². The zero-order valence-corrected chi connectivity index (χ0v) is 15.2. The second-order valence-electron chi connectivity index (χ2n) is 5.76. The summed E-state index contributed by atoms with van der Waals surface area (Å²) in [6.45, 7) is 3.23. The molecule has 0 aliphatic heterocycles. The van der Waals surface area contributed by atoms with Gasteiger partial charge in [-0.05, 0) is 36.2 Å². The van der Waals surface area contributed by atoms with E-state index < -0.39 is 0 Å². The number of pyridine rings is 1. The van der Waals surface area contributed by atoms with Crippen molar-refractivity contribution in [3.8, 4) is 5.75 Å². The van der Waals surface area contributed by atoms with Crippen molar-refractivity contribution >= 4 is 11.9 Å². The molecular weight excluding hydrogens is 332 g/mol. The molecule has 0 atom stereocenters. The van der Waals surface area contributed by atoms with E-state index in [1.54, 1.807) is 17.3 Å². The fraction of sp³-hybridized carbons (Fsp3) is 0.350. The largest absolute Gasteiger partial charge is 0.494 e. The van der Waals surface area contributed by atoms with E-state index in [1.807, 2.05) is 43.3 Å². The smallest absolute Gasteiger partial charge is 0.307 e. The molecule has 1 heterocycles. The zero-order valence-electron chi connectivity index (χ0n) is 15.2. The maximum Gasteiger partial charge on any atom is 0.307 e. The summed E-state index contributed by atoms with van der Waals surface area (Å²) >= 11 is 0. The first-order valence-electron chi connectivity index (χ1n) is 8.57. The van der Waals surface area contributed by atoms with Crippen molar-refractivity contribution in [3.63, 3.8) is 0 Å². The molecule has 2 rings (SSSR count). The molecule has 2 aromatic rings. The average molecular weight is 356 g/mol. The zero-order chi connectivity index (χ0) is 18.8. The molecule has 6 nitrogen and oxygen atoms in total. The van der Waals surface area contributed by atoms with E-state index in [0.29, 0.717) is 19.7 Å². The van der Waals surface area contributed by atoms with Gasteiger partial charge in [0.1, 0.15) is 5.75 Å². The van der Waals surface area contributed by atoms with Crippen LogP contribution in [-0.4, -0.2) is 42.0 Å². The van der Waals surface area contributed by atoms with Crippen LogP contribution in [0.4, 0.5) is 0 Å². The maximum absolute atomic E-state index is 12.8. The number of rotatable bonds is 9. The van der Waals surface area contributed by atoms with Crippen molar-refractivity contribution in [2.75, 3.05) is 20.3 Å². The summed E-state index contributed by atoms with van der Waals surface area (Å²) in [5.41, 5.74) is 1.81. The minimum atomic E-state index is -0.338. The Bertz CT molecular complexity index is 702. The molecule has 0 unspecified atom stereocenters. The summed E-state index contributed by atoms with van der Waals surface area (Å²) in [5, 5.41) is 0. The van der Waals surface area contributed by atoms with Crippen molar-refractivity contribution in [1.82, 2.24) is 9.88 Å². The first kappa shape index (κ1) is 19.4. The van der Waals surface area contributed by atoms with E-state index in [2.05, 4.69) is 9.72 Å². The molecule has 26 heavy (non-hydrogen) atoms. The standard InChI is InChI=1S/C20H24N2O4/c1-3-26-18-8-6-16(7-9-18)13-19(23)22(12-10-20(24)25-2)15-17-5-4-11-21-14-17/h4-9,11,14H,3,10,12-13,15H2,1-2H3. The van der Waals surface area contributed by atoms with E-state index in [4.69, 9.17) is 4.74 Å². The minimum absolute atomic E-state index is 0.0538. The SMILES string of the molecule is CCOc1ccc(CC(=O)N(CCC(=O)OC)Cc2cccnc2)cc1. The summed E-state index contributed by atoms with van der Waals surface area (Å²) in [5.74, 6) is 0.388. The van der Waals surface area contributed by atoms with Crippen LogP contribution in [0.15, 0.2) is 48.8 Å². The fourth-order valence-corrected chi connectivity index (χ4v) is 2.49. The van der Waals surface area contributed by atoms with Gasteiger partial charge in [0.25, 0.3) is 0 Å². The van der Waals surface area contributed by atoms with Gasteiger partial charge in [-0.25, -0.2) is 0 Å². The van der Waals surface area contributed by atoms with Crippen LogP contribution >= 0.6 is 0 Å². The van der Waals surface area contributed by atoms with E-state index in [-0.39, 0.29) is 24.7 Å². The van der Waals surface area contributed by atoms with Gasteiger partial charge in [-0.1, -0.05) is 18.2 Å². The third kappa shape index (κ3) is 6.20. The van der Waals surface area contributed by atoms with Crippen molar-refractivity contribution < 1.29 is 19.1 Å². The first-order chi connectivity index (χ1) is 12.6. The molecule has 138 valence electrons. The molecule has 0 fully saturated rings. The quantitative estimate of drug-likeness (QED) is 0.646. The molecule has 0 spiro atoms. The Morgan fingerprint density at radius 1 is 1.12 bits per heavy atom. The van der Waals surface area contributed by atoms with Crippen LogP contribution < -0.4 is 4.74 Å². The normalized spacial score (nSPS) is 10.2. The number of benzene rings is 1. The molecule has 0 aliphatic carbocycles. The second kappa shape index (κ2) is 10.2. The number of nitrogens with zero attached hydrogens (tertiary/aromatic N) is 2. The highest BCUT2D eigenvalue weighted by molar-refractivity contribution is 5.79. The van der Waals surface area contributed by atoms with Crippen molar-refractivity contribution in [2.24, 2.45) is 0 Å². The molecule has 0 bridgehead atoms. The fourth-order valence-electron chi connectivity index (χ4n) is 2.49. The monoisotopic (exact) mass is 356 g/mol. The van der Waals surface area contributed by atoms with Gasteiger partial charge in [-0.3, -0.25) is 14.6 Å². The van der Waals surface area contributed by atoms with Crippen LogP contribution in [0, 0.1) is 0 Å². The number of carbonyl (C=O) groups is 2. The van der Waals surface area contributed by atoms with Gasteiger partial charge in [-0.2, -0.15) is 0 Å². The summed E-state index contributed by atoms with van der Waals surface area (Å²) in [7, 11) is 1.34. The predicted octanol–water partition coefficient (Wildman–Crippen LogP) is 2.61. The van der Waals surface area contributed by atoms with Gasteiger partial charge < -0.3 is 14.4 Å².